The first-order valence-electron chi connectivity index (χ1n) is 17.8. The molecule has 6 aromatic rings. The lowest BCUT2D eigenvalue weighted by Gasteiger charge is -2.17. The summed E-state index contributed by atoms with van der Waals surface area (Å²) in [7, 11) is 0. The van der Waals surface area contributed by atoms with Gasteiger partial charge in [-0.05, 0) is 65.4 Å². The Morgan fingerprint density at radius 2 is 0.727 bits per heavy atom. The Hall–Kier alpha value is -6.59. The molecule has 0 aliphatic heterocycles. The van der Waals surface area contributed by atoms with Gasteiger partial charge in [0, 0.05) is 5.56 Å². The van der Waals surface area contributed by atoms with Gasteiger partial charge in [0.1, 0.15) is 52.9 Å². The Bertz CT molecular complexity index is 2130. The standard InChI is InChI=1S/C44H42O11/c45-21-22-48-36-15-5-6-16-37(36)50-25-27-53-42-29-32-11-1-2-12-33(32)30-43(42)54-28-26-51-39-18-8-7-17-38(39)49-23-24-52-40-19-9-10-20-41(40)55-31-34-13-3-4-14-35(34)44(46)47/h1-20,29-30,45H,21-28,31H2,(H,46,47). The lowest BCUT2D eigenvalue weighted by atomic mass is 10.1. The lowest BCUT2D eigenvalue weighted by Crippen LogP contribution is -2.13. The van der Waals surface area contributed by atoms with Gasteiger partial charge in [-0.25, -0.2) is 4.79 Å². The fourth-order valence-corrected chi connectivity index (χ4v) is 5.57. The Morgan fingerprint density at radius 1 is 0.400 bits per heavy atom. The minimum Gasteiger partial charge on any atom is -0.487 e. The second-order valence-corrected chi connectivity index (χ2v) is 11.9. The van der Waals surface area contributed by atoms with Crippen molar-refractivity contribution < 1.29 is 52.9 Å². The Kier molecular flexibility index (Phi) is 13.9. The van der Waals surface area contributed by atoms with Crippen LogP contribution in [0.15, 0.2) is 133 Å². The number of fused-ring (bicyclic) bond motifs is 1. The molecule has 0 unspecified atom stereocenters. The number of carbonyl (C=O) groups is 1. The summed E-state index contributed by atoms with van der Waals surface area (Å²) >= 11 is 0. The van der Waals surface area contributed by atoms with Gasteiger partial charge in [-0.1, -0.05) is 78.9 Å². The number of aliphatic hydroxyl groups excluding tert-OH is 1. The molecule has 11 nitrogen and oxygen atoms in total. The van der Waals surface area contributed by atoms with Crippen molar-refractivity contribution >= 4 is 16.7 Å². The Morgan fingerprint density at radius 3 is 1.13 bits per heavy atom. The van der Waals surface area contributed by atoms with E-state index in [1.165, 1.54) is 0 Å². The van der Waals surface area contributed by atoms with Crippen LogP contribution in [0, 0.1) is 0 Å². The van der Waals surface area contributed by atoms with E-state index in [9.17, 15) is 9.90 Å². The average Bonchev–Trinajstić information content (AvgIpc) is 3.22. The van der Waals surface area contributed by atoms with E-state index in [-0.39, 0.29) is 65.0 Å². The monoisotopic (exact) mass is 746 g/mol. The van der Waals surface area contributed by atoms with E-state index in [1.54, 1.807) is 48.5 Å². The van der Waals surface area contributed by atoms with Crippen molar-refractivity contribution in [2.75, 3.05) is 52.9 Å². The first-order valence-corrected chi connectivity index (χ1v) is 17.8. The number of ether oxygens (including phenoxy) is 8. The maximum atomic E-state index is 11.6. The summed E-state index contributed by atoms with van der Waals surface area (Å²) in [6, 6.07) is 40.4. The third-order valence-electron chi connectivity index (χ3n) is 8.13. The second kappa shape index (κ2) is 20.0. The van der Waals surface area contributed by atoms with E-state index < -0.39 is 5.97 Å². The first-order chi connectivity index (χ1) is 27.1. The van der Waals surface area contributed by atoms with Gasteiger partial charge in [-0.15, -0.1) is 0 Å². The maximum Gasteiger partial charge on any atom is 0.336 e. The van der Waals surface area contributed by atoms with Crippen LogP contribution in [0.25, 0.3) is 10.8 Å². The highest BCUT2D eigenvalue weighted by Crippen LogP contribution is 2.34. The van der Waals surface area contributed by atoms with E-state index >= 15 is 0 Å². The lowest BCUT2D eigenvalue weighted by molar-refractivity contribution is 0.0694. The van der Waals surface area contributed by atoms with E-state index in [1.807, 2.05) is 84.9 Å². The van der Waals surface area contributed by atoms with Crippen molar-refractivity contribution in [3.8, 4) is 46.0 Å². The van der Waals surface area contributed by atoms with Crippen LogP contribution < -0.4 is 37.9 Å². The van der Waals surface area contributed by atoms with Crippen molar-refractivity contribution in [2.24, 2.45) is 0 Å². The van der Waals surface area contributed by atoms with E-state index in [0.717, 1.165) is 10.8 Å². The van der Waals surface area contributed by atoms with Crippen LogP contribution in [0.1, 0.15) is 15.9 Å². The third kappa shape index (κ3) is 11.0. The number of aliphatic hydroxyl groups is 1. The summed E-state index contributed by atoms with van der Waals surface area (Å²) in [5.41, 5.74) is 0.754. The van der Waals surface area contributed by atoms with Gasteiger partial charge < -0.3 is 48.1 Å². The molecule has 0 saturated heterocycles. The van der Waals surface area contributed by atoms with E-state index in [4.69, 9.17) is 43.0 Å². The normalized spacial score (nSPS) is 10.7. The summed E-state index contributed by atoms with van der Waals surface area (Å²) in [5.74, 6) is 3.38. The molecule has 0 bridgehead atoms. The van der Waals surface area contributed by atoms with Crippen LogP contribution in [0.4, 0.5) is 0 Å². The maximum absolute atomic E-state index is 11.6. The zero-order chi connectivity index (χ0) is 38.1. The van der Waals surface area contributed by atoms with E-state index in [2.05, 4.69) is 0 Å². The molecule has 0 aliphatic carbocycles. The summed E-state index contributed by atoms with van der Waals surface area (Å²) in [6.07, 6.45) is 0. The topological polar surface area (TPSA) is 131 Å². The predicted molar refractivity (Wildman–Crippen MR) is 207 cm³/mol. The van der Waals surface area contributed by atoms with Gasteiger partial charge in [-0.3, -0.25) is 0 Å². The molecule has 284 valence electrons. The van der Waals surface area contributed by atoms with Crippen LogP contribution in [0.3, 0.4) is 0 Å². The number of aromatic carboxylic acids is 1. The molecule has 6 rings (SSSR count). The van der Waals surface area contributed by atoms with Gasteiger partial charge in [0.05, 0.1) is 12.2 Å². The minimum atomic E-state index is -1.01. The predicted octanol–water partition coefficient (Wildman–Crippen LogP) is 7.86. The molecule has 6 aromatic carbocycles. The van der Waals surface area contributed by atoms with Gasteiger partial charge in [-0.2, -0.15) is 0 Å². The number of carboxylic acids is 1. The number of carboxylic acid groups (broad SMARTS) is 1. The molecular formula is C44H42O11. The van der Waals surface area contributed by atoms with Crippen LogP contribution in [-0.2, 0) is 6.61 Å². The SMILES string of the molecule is O=C(O)c1ccccc1COc1ccccc1OCCOc1ccccc1OCCOc1cc2ccccc2cc1OCCOc1ccccc1OCCO. The van der Waals surface area contributed by atoms with Crippen LogP contribution in [0.2, 0.25) is 0 Å². The molecule has 11 heteroatoms. The summed E-state index contributed by atoms with van der Waals surface area (Å²) in [4.78, 5) is 11.6. The third-order valence-corrected chi connectivity index (χ3v) is 8.13. The molecule has 0 heterocycles. The fourth-order valence-electron chi connectivity index (χ4n) is 5.57. The number of benzene rings is 6. The summed E-state index contributed by atoms with van der Waals surface area (Å²) in [6.45, 7) is 1.63. The number of hydrogen-bond acceptors (Lipinski definition) is 10. The molecule has 0 saturated carbocycles. The highest BCUT2D eigenvalue weighted by Gasteiger charge is 2.13. The van der Waals surface area contributed by atoms with Crippen molar-refractivity contribution in [3.63, 3.8) is 0 Å². The zero-order valence-electron chi connectivity index (χ0n) is 30.1. The van der Waals surface area contributed by atoms with Gasteiger partial charge >= 0.3 is 5.97 Å². The summed E-state index contributed by atoms with van der Waals surface area (Å²) < 4.78 is 47.8. The van der Waals surface area contributed by atoms with Crippen LogP contribution in [0.5, 0.6) is 46.0 Å². The number of para-hydroxylation sites is 6. The molecule has 0 atom stereocenters. The average molecular weight is 747 g/mol. The largest absolute Gasteiger partial charge is 0.487 e. The molecule has 0 aromatic heterocycles. The molecule has 0 aliphatic rings. The fraction of sp³-hybridized carbons (Fsp3) is 0.205. The van der Waals surface area contributed by atoms with Crippen LogP contribution in [-0.4, -0.2) is 69.0 Å². The van der Waals surface area contributed by atoms with Gasteiger partial charge in [0.25, 0.3) is 0 Å². The molecule has 0 amide bonds. The Labute approximate surface area is 319 Å². The first kappa shape index (κ1) is 38.1. The van der Waals surface area contributed by atoms with Crippen molar-refractivity contribution in [1.29, 1.82) is 0 Å². The molecule has 2 N–H and O–H groups in total. The zero-order valence-corrected chi connectivity index (χ0v) is 30.1. The van der Waals surface area contributed by atoms with Crippen molar-refractivity contribution in [2.45, 2.75) is 6.61 Å². The second-order valence-electron chi connectivity index (χ2n) is 11.9. The molecule has 0 radical (unpaired) electrons. The van der Waals surface area contributed by atoms with E-state index in [0.29, 0.717) is 51.6 Å². The van der Waals surface area contributed by atoms with Gasteiger partial charge in [0.15, 0.2) is 46.0 Å². The smallest absolute Gasteiger partial charge is 0.336 e. The number of hydrogen-bond donors (Lipinski definition) is 2. The number of rotatable bonds is 22. The molecule has 0 fully saturated rings. The van der Waals surface area contributed by atoms with Crippen molar-refractivity contribution in [3.05, 3.63) is 145 Å². The van der Waals surface area contributed by atoms with Crippen molar-refractivity contribution in [1.82, 2.24) is 0 Å². The molecule has 0 spiro atoms. The minimum absolute atomic E-state index is 0.0802. The molecular weight excluding hydrogens is 704 g/mol. The Balaban J connectivity index is 0.985. The molecule has 55 heavy (non-hydrogen) atoms. The quantitative estimate of drug-likeness (QED) is 0.0659. The van der Waals surface area contributed by atoms with Crippen LogP contribution >= 0.6 is 0 Å². The highest BCUT2D eigenvalue weighted by molar-refractivity contribution is 5.89. The highest BCUT2D eigenvalue weighted by atomic mass is 16.6. The van der Waals surface area contributed by atoms with Gasteiger partial charge in [0.2, 0.25) is 0 Å². The summed E-state index contributed by atoms with van der Waals surface area (Å²) in [5, 5.41) is 20.6.